The van der Waals surface area contributed by atoms with Crippen LogP contribution in [-0.2, 0) is 6.42 Å². The smallest absolute Gasteiger partial charge is 0.256 e. The van der Waals surface area contributed by atoms with Gasteiger partial charge in [0.15, 0.2) is 0 Å². The standard InChI is InChI=1S/C9H11ClF2N2/c1-9(13,8(11)12)5-7-4-6(10)2-3-14-7/h2-4,8H,5,13H2,1H3. The molecular formula is C9H11ClF2N2. The average molecular weight is 221 g/mol. The van der Waals surface area contributed by atoms with Crippen LogP contribution in [0.5, 0.6) is 0 Å². The Bertz CT molecular complexity index is 315. The van der Waals surface area contributed by atoms with Gasteiger partial charge in [0.2, 0.25) is 0 Å². The second-order valence-corrected chi connectivity index (χ2v) is 3.89. The zero-order valence-corrected chi connectivity index (χ0v) is 8.43. The van der Waals surface area contributed by atoms with Crippen LogP contribution in [-0.4, -0.2) is 16.9 Å². The molecule has 1 aromatic rings. The first-order chi connectivity index (χ1) is 6.42. The summed E-state index contributed by atoms with van der Waals surface area (Å²) in [6.45, 7) is 1.29. The maximum Gasteiger partial charge on any atom is 0.256 e. The Balaban J connectivity index is 2.78. The molecule has 0 radical (unpaired) electrons. The summed E-state index contributed by atoms with van der Waals surface area (Å²) < 4.78 is 24.8. The molecule has 2 nitrogen and oxygen atoms in total. The number of alkyl halides is 2. The highest BCUT2D eigenvalue weighted by Gasteiger charge is 2.30. The van der Waals surface area contributed by atoms with E-state index in [1.165, 1.54) is 19.2 Å². The molecule has 1 heterocycles. The zero-order chi connectivity index (χ0) is 10.8. The molecule has 0 aliphatic rings. The van der Waals surface area contributed by atoms with Crippen molar-refractivity contribution in [3.05, 3.63) is 29.0 Å². The van der Waals surface area contributed by atoms with E-state index in [1.807, 2.05) is 0 Å². The summed E-state index contributed by atoms with van der Waals surface area (Å²) in [6, 6.07) is 3.12. The molecule has 14 heavy (non-hydrogen) atoms. The molecule has 78 valence electrons. The van der Waals surface area contributed by atoms with Crippen molar-refractivity contribution in [2.75, 3.05) is 0 Å². The van der Waals surface area contributed by atoms with Gasteiger partial charge in [0, 0.05) is 23.3 Å². The number of halogens is 3. The van der Waals surface area contributed by atoms with Crippen LogP contribution < -0.4 is 5.73 Å². The molecule has 0 aliphatic carbocycles. The fourth-order valence-electron chi connectivity index (χ4n) is 1.01. The minimum Gasteiger partial charge on any atom is -0.320 e. The predicted octanol–water partition coefficient (Wildman–Crippen LogP) is 2.26. The van der Waals surface area contributed by atoms with Crippen LogP contribution in [0.15, 0.2) is 18.3 Å². The monoisotopic (exact) mass is 220 g/mol. The fraction of sp³-hybridized carbons (Fsp3) is 0.444. The second kappa shape index (κ2) is 4.19. The Morgan fingerprint density at radius 1 is 1.64 bits per heavy atom. The van der Waals surface area contributed by atoms with Gasteiger partial charge in [-0.15, -0.1) is 0 Å². The van der Waals surface area contributed by atoms with Gasteiger partial charge in [0.05, 0.1) is 5.54 Å². The van der Waals surface area contributed by atoms with E-state index in [2.05, 4.69) is 4.98 Å². The Morgan fingerprint density at radius 3 is 2.79 bits per heavy atom. The summed E-state index contributed by atoms with van der Waals surface area (Å²) in [5.41, 5.74) is 4.33. The minimum atomic E-state index is -2.58. The molecule has 2 N–H and O–H groups in total. The lowest BCUT2D eigenvalue weighted by molar-refractivity contribution is 0.0634. The largest absolute Gasteiger partial charge is 0.320 e. The summed E-state index contributed by atoms with van der Waals surface area (Å²) in [5, 5.41) is 0.472. The van der Waals surface area contributed by atoms with Gasteiger partial charge in [-0.05, 0) is 19.1 Å². The van der Waals surface area contributed by atoms with Crippen molar-refractivity contribution in [3.63, 3.8) is 0 Å². The van der Waals surface area contributed by atoms with Crippen molar-refractivity contribution in [2.24, 2.45) is 5.73 Å². The third-order valence-electron chi connectivity index (χ3n) is 1.84. The molecule has 0 bridgehead atoms. The topological polar surface area (TPSA) is 38.9 Å². The van der Waals surface area contributed by atoms with Crippen molar-refractivity contribution in [2.45, 2.75) is 25.3 Å². The number of aromatic nitrogens is 1. The van der Waals surface area contributed by atoms with Crippen LogP contribution in [0, 0.1) is 0 Å². The van der Waals surface area contributed by atoms with Gasteiger partial charge in [0.25, 0.3) is 6.43 Å². The molecule has 0 amide bonds. The Hall–Kier alpha value is -0.740. The highest BCUT2D eigenvalue weighted by Crippen LogP contribution is 2.18. The summed E-state index contributed by atoms with van der Waals surface area (Å²) in [7, 11) is 0. The second-order valence-electron chi connectivity index (χ2n) is 3.45. The van der Waals surface area contributed by atoms with Gasteiger partial charge in [-0.3, -0.25) is 4.98 Å². The van der Waals surface area contributed by atoms with Crippen molar-refractivity contribution in [3.8, 4) is 0 Å². The van der Waals surface area contributed by atoms with Gasteiger partial charge in [-0.1, -0.05) is 11.6 Å². The van der Waals surface area contributed by atoms with Crippen LogP contribution in [0.25, 0.3) is 0 Å². The third kappa shape index (κ3) is 2.89. The van der Waals surface area contributed by atoms with Gasteiger partial charge >= 0.3 is 0 Å². The molecule has 0 saturated heterocycles. The molecule has 1 aromatic heterocycles. The summed E-state index contributed by atoms with van der Waals surface area (Å²) in [6.07, 6.45) is -1.10. The quantitative estimate of drug-likeness (QED) is 0.849. The first kappa shape index (κ1) is 11.3. The van der Waals surface area contributed by atoms with Crippen LogP contribution in [0.4, 0.5) is 8.78 Å². The number of rotatable bonds is 3. The lowest BCUT2D eigenvalue weighted by Crippen LogP contribution is -2.46. The van der Waals surface area contributed by atoms with Crippen LogP contribution >= 0.6 is 11.6 Å². The van der Waals surface area contributed by atoms with E-state index in [0.29, 0.717) is 10.7 Å². The first-order valence-electron chi connectivity index (χ1n) is 4.09. The fourth-order valence-corrected chi connectivity index (χ4v) is 1.20. The molecule has 0 saturated carbocycles. The first-order valence-corrected chi connectivity index (χ1v) is 4.47. The maximum atomic E-state index is 12.4. The normalized spacial score (nSPS) is 15.6. The molecule has 0 aliphatic heterocycles. The summed E-state index contributed by atoms with van der Waals surface area (Å²) in [4.78, 5) is 3.91. The van der Waals surface area contributed by atoms with Gasteiger partial charge in [-0.25, -0.2) is 8.78 Å². The molecular weight excluding hydrogens is 210 g/mol. The third-order valence-corrected chi connectivity index (χ3v) is 2.07. The van der Waals surface area contributed by atoms with Crippen molar-refractivity contribution >= 4 is 11.6 Å². The molecule has 1 rings (SSSR count). The number of nitrogens with two attached hydrogens (primary N) is 1. The van der Waals surface area contributed by atoms with Crippen molar-refractivity contribution in [1.82, 2.24) is 4.98 Å². The SMILES string of the molecule is CC(N)(Cc1cc(Cl)ccn1)C(F)F. The Kier molecular flexibility index (Phi) is 3.39. The van der Waals surface area contributed by atoms with Crippen LogP contribution in [0.1, 0.15) is 12.6 Å². The van der Waals surface area contributed by atoms with E-state index >= 15 is 0 Å². The lowest BCUT2D eigenvalue weighted by atomic mass is 9.97. The number of hydrogen-bond acceptors (Lipinski definition) is 2. The zero-order valence-electron chi connectivity index (χ0n) is 7.67. The van der Waals surface area contributed by atoms with Crippen LogP contribution in [0.2, 0.25) is 5.02 Å². The lowest BCUT2D eigenvalue weighted by Gasteiger charge is -2.22. The van der Waals surface area contributed by atoms with E-state index in [9.17, 15) is 8.78 Å². The Morgan fingerprint density at radius 2 is 2.29 bits per heavy atom. The van der Waals surface area contributed by atoms with Gasteiger partial charge in [-0.2, -0.15) is 0 Å². The summed E-state index contributed by atoms with van der Waals surface area (Å²) in [5.74, 6) is 0. The number of hydrogen-bond donors (Lipinski definition) is 1. The summed E-state index contributed by atoms with van der Waals surface area (Å²) >= 11 is 5.68. The van der Waals surface area contributed by atoms with E-state index in [-0.39, 0.29) is 6.42 Å². The van der Waals surface area contributed by atoms with Crippen molar-refractivity contribution in [1.29, 1.82) is 0 Å². The van der Waals surface area contributed by atoms with E-state index in [4.69, 9.17) is 17.3 Å². The minimum absolute atomic E-state index is 0.00519. The number of pyridine rings is 1. The molecule has 0 spiro atoms. The maximum absolute atomic E-state index is 12.4. The highest BCUT2D eigenvalue weighted by molar-refractivity contribution is 6.30. The van der Waals surface area contributed by atoms with Crippen molar-refractivity contribution < 1.29 is 8.78 Å². The van der Waals surface area contributed by atoms with Gasteiger partial charge in [0.1, 0.15) is 0 Å². The molecule has 0 fully saturated rings. The molecule has 5 heteroatoms. The predicted molar refractivity (Wildman–Crippen MR) is 51.5 cm³/mol. The number of nitrogens with zero attached hydrogens (tertiary/aromatic N) is 1. The average Bonchev–Trinajstić information content (AvgIpc) is 2.02. The Labute approximate surface area is 86.1 Å². The van der Waals surface area contributed by atoms with E-state index < -0.39 is 12.0 Å². The van der Waals surface area contributed by atoms with E-state index in [0.717, 1.165) is 0 Å². The molecule has 1 atom stereocenters. The van der Waals surface area contributed by atoms with Crippen LogP contribution in [0.3, 0.4) is 0 Å². The van der Waals surface area contributed by atoms with Gasteiger partial charge < -0.3 is 5.73 Å². The van der Waals surface area contributed by atoms with E-state index in [1.54, 1.807) is 6.07 Å². The highest BCUT2D eigenvalue weighted by atomic mass is 35.5. The molecule has 1 unspecified atom stereocenters. The molecule has 0 aromatic carbocycles.